The van der Waals surface area contributed by atoms with Gasteiger partial charge in [-0.2, -0.15) is 0 Å². The predicted octanol–water partition coefficient (Wildman–Crippen LogP) is 2.89. The summed E-state index contributed by atoms with van der Waals surface area (Å²) in [5.74, 6) is -0.346. The van der Waals surface area contributed by atoms with E-state index in [0.29, 0.717) is 11.1 Å². The van der Waals surface area contributed by atoms with Crippen LogP contribution in [0.2, 0.25) is 0 Å². The third-order valence-electron chi connectivity index (χ3n) is 3.52. The van der Waals surface area contributed by atoms with Gasteiger partial charge in [0.15, 0.2) is 5.71 Å². The molecule has 1 N–H and O–H groups in total. The Morgan fingerprint density at radius 2 is 1.80 bits per heavy atom. The first-order valence-corrected chi connectivity index (χ1v) is 7.84. The van der Waals surface area contributed by atoms with Crippen molar-refractivity contribution in [3.63, 3.8) is 0 Å². The van der Waals surface area contributed by atoms with Crippen molar-refractivity contribution in [2.24, 2.45) is 10.3 Å². The molecule has 0 aliphatic rings. The molecule has 0 heterocycles. The third kappa shape index (κ3) is 4.91. The van der Waals surface area contributed by atoms with Gasteiger partial charge in [0.05, 0.1) is 6.21 Å². The van der Waals surface area contributed by atoms with Gasteiger partial charge >= 0.3 is 0 Å². The molecular formula is C19H21N3O3. The molecule has 6 heteroatoms. The Bertz CT molecular complexity index is 758. The highest BCUT2D eigenvalue weighted by atomic mass is 16.6. The second kappa shape index (κ2) is 9.22. The number of carbonyl (C=O) groups excluding carboxylic acids is 1. The van der Waals surface area contributed by atoms with Crippen LogP contribution in [0.1, 0.15) is 29.7 Å². The van der Waals surface area contributed by atoms with Crippen LogP contribution >= 0.6 is 0 Å². The van der Waals surface area contributed by atoms with E-state index >= 15 is 0 Å². The molecule has 6 nitrogen and oxygen atoms in total. The highest BCUT2D eigenvalue weighted by molar-refractivity contribution is 6.46. The molecule has 0 saturated heterocycles. The van der Waals surface area contributed by atoms with Crippen molar-refractivity contribution in [2.45, 2.75) is 13.0 Å². The van der Waals surface area contributed by atoms with Crippen molar-refractivity contribution < 1.29 is 14.5 Å². The minimum absolute atomic E-state index is 0.170. The molecule has 2 aromatic rings. The van der Waals surface area contributed by atoms with Gasteiger partial charge in [-0.1, -0.05) is 64.9 Å². The fourth-order valence-electron chi connectivity index (χ4n) is 2.21. The second-order valence-electron chi connectivity index (χ2n) is 5.18. The van der Waals surface area contributed by atoms with Crippen molar-refractivity contribution in [1.29, 1.82) is 0 Å². The number of likely N-dealkylation sites (N-methyl/N-ethyl adjacent to an activating group) is 1. The van der Waals surface area contributed by atoms with Gasteiger partial charge in [0.1, 0.15) is 13.2 Å². The smallest absolute Gasteiger partial charge is 0.273 e. The van der Waals surface area contributed by atoms with Crippen molar-refractivity contribution in [1.82, 2.24) is 5.32 Å². The number of rotatable bonds is 7. The summed E-state index contributed by atoms with van der Waals surface area (Å²) >= 11 is 0. The summed E-state index contributed by atoms with van der Waals surface area (Å²) in [6.07, 6.45) is 1.37. The molecule has 0 aliphatic carbocycles. The Morgan fingerprint density at radius 1 is 1.12 bits per heavy atom. The lowest BCUT2D eigenvalue weighted by atomic mass is 10.0. The maximum absolute atomic E-state index is 12.0. The topological polar surface area (TPSA) is 72.3 Å². The van der Waals surface area contributed by atoms with E-state index in [9.17, 15) is 4.79 Å². The summed E-state index contributed by atoms with van der Waals surface area (Å²) < 4.78 is 0. The second-order valence-corrected chi connectivity index (χ2v) is 5.18. The van der Waals surface area contributed by atoms with Crippen LogP contribution in [0.5, 0.6) is 0 Å². The molecule has 1 amide bonds. The molecule has 25 heavy (non-hydrogen) atoms. The molecule has 130 valence electrons. The van der Waals surface area contributed by atoms with Crippen LogP contribution in [0.25, 0.3) is 0 Å². The average molecular weight is 339 g/mol. The standard InChI is InChI=1S/C19H21N3O3/c1-14(15-9-5-4-6-10-15)25-21-13-16-11-7-8-12-17(16)18(22-24-3)19(23)20-2/h4-14H,1-3H3,(H,20,23). The van der Waals surface area contributed by atoms with Crippen LogP contribution in [0.3, 0.4) is 0 Å². The van der Waals surface area contributed by atoms with Gasteiger partial charge in [-0.15, -0.1) is 0 Å². The molecule has 0 saturated carbocycles. The molecule has 0 aromatic heterocycles. The molecule has 0 aliphatic heterocycles. The summed E-state index contributed by atoms with van der Waals surface area (Å²) in [7, 11) is 2.93. The molecule has 0 radical (unpaired) electrons. The van der Waals surface area contributed by atoms with Crippen LogP contribution in [0.4, 0.5) is 0 Å². The van der Waals surface area contributed by atoms with Gasteiger partial charge in [0, 0.05) is 18.2 Å². The summed E-state index contributed by atoms with van der Waals surface area (Å²) in [6.45, 7) is 1.92. The minimum Gasteiger partial charge on any atom is -0.398 e. The zero-order valence-electron chi connectivity index (χ0n) is 14.5. The Labute approximate surface area is 147 Å². The van der Waals surface area contributed by atoms with E-state index in [2.05, 4.69) is 15.6 Å². The molecule has 0 fully saturated rings. The Hall–Kier alpha value is -3.15. The predicted molar refractivity (Wildman–Crippen MR) is 97.6 cm³/mol. The molecule has 2 aromatic carbocycles. The number of carbonyl (C=O) groups is 1. The normalized spacial score (nSPS) is 12.7. The lowest BCUT2D eigenvalue weighted by Crippen LogP contribution is -2.29. The highest BCUT2D eigenvalue weighted by Crippen LogP contribution is 2.16. The van der Waals surface area contributed by atoms with Crippen LogP contribution < -0.4 is 5.32 Å². The Morgan fingerprint density at radius 3 is 2.48 bits per heavy atom. The number of hydrogen-bond acceptors (Lipinski definition) is 5. The zero-order valence-corrected chi connectivity index (χ0v) is 14.5. The monoisotopic (exact) mass is 339 g/mol. The van der Waals surface area contributed by atoms with Gasteiger partial charge in [-0.05, 0) is 12.5 Å². The summed E-state index contributed by atoms with van der Waals surface area (Å²) in [5, 5.41) is 10.4. The van der Waals surface area contributed by atoms with E-state index < -0.39 is 0 Å². The molecule has 2 rings (SSSR count). The van der Waals surface area contributed by atoms with Crippen molar-refractivity contribution >= 4 is 17.8 Å². The van der Waals surface area contributed by atoms with Gasteiger partial charge in [-0.25, -0.2) is 0 Å². The summed E-state index contributed by atoms with van der Waals surface area (Å²) in [6, 6.07) is 17.1. The van der Waals surface area contributed by atoms with E-state index in [0.717, 1.165) is 5.56 Å². The Kier molecular flexibility index (Phi) is 6.71. The quantitative estimate of drug-likeness (QED) is 0.623. The number of nitrogens with zero attached hydrogens (tertiary/aromatic N) is 2. The molecular weight excluding hydrogens is 318 g/mol. The maximum atomic E-state index is 12.0. The van der Waals surface area contributed by atoms with Gasteiger partial charge in [0.25, 0.3) is 5.91 Å². The Balaban J connectivity index is 2.20. The van der Waals surface area contributed by atoms with E-state index in [1.807, 2.05) is 55.5 Å². The number of benzene rings is 2. The minimum atomic E-state index is -0.346. The zero-order chi connectivity index (χ0) is 18.1. The van der Waals surface area contributed by atoms with Crippen molar-refractivity contribution in [3.05, 3.63) is 71.3 Å². The summed E-state index contributed by atoms with van der Waals surface area (Å²) in [5.41, 5.74) is 2.49. The molecule has 1 unspecified atom stereocenters. The molecule has 1 atom stereocenters. The number of amides is 1. The van der Waals surface area contributed by atoms with E-state index in [-0.39, 0.29) is 17.7 Å². The van der Waals surface area contributed by atoms with Crippen molar-refractivity contribution in [2.75, 3.05) is 14.2 Å². The van der Waals surface area contributed by atoms with Crippen LogP contribution in [-0.2, 0) is 14.5 Å². The lowest BCUT2D eigenvalue weighted by Gasteiger charge is -2.10. The lowest BCUT2D eigenvalue weighted by molar-refractivity contribution is -0.114. The maximum Gasteiger partial charge on any atom is 0.273 e. The van der Waals surface area contributed by atoms with Crippen LogP contribution in [0, 0.1) is 0 Å². The fourth-order valence-corrected chi connectivity index (χ4v) is 2.21. The number of nitrogens with one attached hydrogen (secondary N) is 1. The average Bonchev–Trinajstić information content (AvgIpc) is 2.66. The van der Waals surface area contributed by atoms with Gasteiger partial charge < -0.3 is 15.0 Å². The van der Waals surface area contributed by atoms with Crippen molar-refractivity contribution in [3.8, 4) is 0 Å². The SMILES string of the molecule is CNC(=O)C(=NOC)c1ccccc1C=NOC(C)c1ccccc1. The molecule has 0 spiro atoms. The third-order valence-corrected chi connectivity index (χ3v) is 3.52. The first-order chi connectivity index (χ1) is 12.2. The largest absolute Gasteiger partial charge is 0.398 e. The van der Waals surface area contributed by atoms with Gasteiger partial charge in [0.2, 0.25) is 0 Å². The van der Waals surface area contributed by atoms with Gasteiger partial charge in [-0.3, -0.25) is 4.79 Å². The summed E-state index contributed by atoms with van der Waals surface area (Å²) in [4.78, 5) is 22.3. The number of oxime groups is 2. The van der Waals surface area contributed by atoms with E-state index in [4.69, 9.17) is 9.68 Å². The highest BCUT2D eigenvalue weighted by Gasteiger charge is 2.16. The molecule has 0 bridgehead atoms. The van der Waals surface area contributed by atoms with Crippen LogP contribution in [0.15, 0.2) is 64.9 Å². The fraction of sp³-hybridized carbons (Fsp3) is 0.211. The first-order valence-electron chi connectivity index (χ1n) is 7.84. The first kappa shape index (κ1) is 18.2. The van der Waals surface area contributed by atoms with Crippen LogP contribution in [-0.4, -0.2) is 32.0 Å². The van der Waals surface area contributed by atoms with E-state index in [1.54, 1.807) is 12.3 Å². The van der Waals surface area contributed by atoms with E-state index in [1.165, 1.54) is 14.2 Å². The number of hydrogen-bond donors (Lipinski definition) is 1.